The summed E-state index contributed by atoms with van der Waals surface area (Å²) in [6, 6.07) is 10.3. The van der Waals surface area contributed by atoms with Crippen molar-refractivity contribution >= 4 is 64.9 Å². The van der Waals surface area contributed by atoms with E-state index in [0.29, 0.717) is 62.9 Å². The predicted octanol–water partition coefficient (Wildman–Crippen LogP) is 5.09. The molecule has 1 unspecified atom stereocenters. The first kappa shape index (κ1) is 77.2. The number of nitrogens with zero attached hydrogens (tertiary/aromatic N) is 4. The van der Waals surface area contributed by atoms with E-state index in [-0.39, 0.29) is 108 Å². The van der Waals surface area contributed by atoms with E-state index in [1.165, 1.54) is 26.4 Å². The van der Waals surface area contributed by atoms with Gasteiger partial charge in [-0.3, -0.25) is 48.1 Å². The Balaban J connectivity index is 1.43. The monoisotopic (exact) mass is 1290 g/mol. The number of hydrogen-bond acceptors (Lipinski definition) is 13. The number of carbonyl (C=O) groups is 10. The minimum absolute atomic E-state index is 0.0539. The average Bonchev–Trinajstić information content (AvgIpc) is 1.17. The van der Waals surface area contributed by atoms with Gasteiger partial charge in [-0.25, -0.2) is 4.79 Å². The molecule has 11 amide bonds. The zero-order valence-electron chi connectivity index (χ0n) is 57.1. The van der Waals surface area contributed by atoms with Crippen molar-refractivity contribution in [2.75, 3.05) is 60.3 Å². The number of unbranched alkanes of at least 4 members (excludes halogenated alkanes) is 2. The molecule has 2 aromatic carbocycles. The fraction of sp³-hybridized carbons (Fsp3) is 0.647. The van der Waals surface area contributed by atoms with Crippen LogP contribution in [0.4, 0.5) is 10.5 Å². The van der Waals surface area contributed by atoms with Gasteiger partial charge in [-0.1, -0.05) is 118 Å². The highest BCUT2D eigenvalue weighted by Crippen LogP contribution is 2.31. The topological polar surface area (TPSA) is 317 Å². The van der Waals surface area contributed by atoms with E-state index >= 15 is 0 Å². The van der Waals surface area contributed by atoms with Gasteiger partial charge in [0.05, 0.1) is 62.9 Å². The minimum atomic E-state index is -1.08. The lowest BCUT2D eigenvalue weighted by molar-refractivity contribution is -0.922. The Kier molecular flexibility index (Phi) is 30.9. The molecule has 2 heterocycles. The van der Waals surface area contributed by atoms with E-state index in [2.05, 4.69) is 31.9 Å². The molecule has 24 nitrogen and oxygen atoms in total. The number of primary amides is 1. The maximum Gasteiger partial charge on any atom is 0.312 e. The van der Waals surface area contributed by atoms with E-state index < -0.39 is 84.4 Å². The summed E-state index contributed by atoms with van der Waals surface area (Å²) in [5.41, 5.74) is 7.22. The molecule has 0 radical (unpaired) electrons. The summed E-state index contributed by atoms with van der Waals surface area (Å²) in [5, 5.41) is 28.1. The van der Waals surface area contributed by atoms with E-state index in [4.69, 9.17) is 15.2 Å². The van der Waals surface area contributed by atoms with Crippen molar-refractivity contribution in [3.63, 3.8) is 0 Å². The van der Waals surface area contributed by atoms with Crippen molar-refractivity contribution in [3.05, 3.63) is 77.9 Å². The Morgan fingerprint density at radius 2 is 1.37 bits per heavy atom. The Hall–Kier alpha value is -7.28. The van der Waals surface area contributed by atoms with Crippen molar-refractivity contribution in [2.45, 2.75) is 201 Å². The van der Waals surface area contributed by atoms with Crippen molar-refractivity contribution in [1.82, 2.24) is 41.3 Å². The number of quaternary nitrogens is 1. The van der Waals surface area contributed by atoms with E-state index in [9.17, 15) is 53.1 Å². The molecule has 1 saturated heterocycles. The molecule has 9 N–H and O–H groups in total. The van der Waals surface area contributed by atoms with Crippen LogP contribution in [0.5, 0.6) is 0 Å². The number of hydrogen-bond donors (Lipinski definition) is 8. The van der Waals surface area contributed by atoms with Crippen LogP contribution in [0.2, 0.25) is 0 Å². The van der Waals surface area contributed by atoms with Gasteiger partial charge in [0, 0.05) is 76.6 Å². The molecular formula is C68H108N11O13+. The molecule has 512 valence electrons. The second-order valence-corrected chi connectivity index (χ2v) is 26.5. The van der Waals surface area contributed by atoms with Gasteiger partial charge in [0.2, 0.25) is 35.4 Å². The van der Waals surface area contributed by atoms with Gasteiger partial charge in [0.25, 0.3) is 17.7 Å². The molecule has 2 aromatic rings. The first-order valence-electron chi connectivity index (χ1n) is 32.7. The number of likely N-dealkylation sites (N-methyl/N-ethyl adjacent to an activating group) is 2. The van der Waals surface area contributed by atoms with Crippen LogP contribution in [-0.4, -0.2) is 193 Å². The molecule has 2 aliphatic rings. The number of amides is 11. The van der Waals surface area contributed by atoms with Crippen molar-refractivity contribution in [3.8, 4) is 0 Å². The van der Waals surface area contributed by atoms with Crippen LogP contribution in [0.3, 0.4) is 0 Å². The number of carbonyl (C=O) groups excluding carboxylic acids is 10. The zero-order chi connectivity index (χ0) is 68.7. The highest BCUT2D eigenvalue weighted by molar-refractivity contribution is 6.12. The number of nitrogens with one attached hydrogen (secondary N) is 6. The molecule has 1 fully saturated rings. The van der Waals surface area contributed by atoms with Crippen LogP contribution >= 0.6 is 0 Å². The lowest BCUT2D eigenvalue weighted by atomic mass is 9.89. The Morgan fingerprint density at radius 3 is 1.93 bits per heavy atom. The molecular weight excluding hydrogens is 1180 g/mol. The number of ether oxygens (including phenoxy) is 2. The number of imide groups is 1. The largest absolute Gasteiger partial charge is 0.386 e. The van der Waals surface area contributed by atoms with Gasteiger partial charge in [-0.2, -0.15) is 0 Å². The number of aliphatic hydroxyl groups excluding tert-OH is 1. The number of anilines is 1. The number of nitrogens with two attached hydrogens (primary N) is 1. The normalized spacial score (nSPS) is 17.8. The molecule has 0 aromatic heterocycles. The van der Waals surface area contributed by atoms with E-state index in [0.717, 1.165) is 10.5 Å². The van der Waals surface area contributed by atoms with Crippen molar-refractivity contribution < 1.29 is 67.0 Å². The first-order valence-corrected chi connectivity index (χ1v) is 32.7. The number of methoxy groups -OCH3 is 2. The van der Waals surface area contributed by atoms with Gasteiger partial charge in [-0.05, 0) is 80.9 Å². The second-order valence-electron chi connectivity index (χ2n) is 26.5. The third-order valence-corrected chi connectivity index (χ3v) is 18.0. The summed E-state index contributed by atoms with van der Waals surface area (Å²) in [7, 11) is 8.65. The predicted molar refractivity (Wildman–Crippen MR) is 351 cm³/mol. The summed E-state index contributed by atoms with van der Waals surface area (Å²) in [5.74, 6) is -5.03. The number of aliphatic hydroxyl groups is 1. The zero-order valence-corrected chi connectivity index (χ0v) is 57.1. The summed E-state index contributed by atoms with van der Waals surface area (Å²) >= 11 is 0. The average molecular weight is 1290 g/mol. The Bertz CT molecular complexity index is 2800. The maximum absolute atomic E-state index is 15.0. The van der Waals surface area contributed by atoms with Gasteiger partial charge < -0.3 is 66.5 Å². The third kappa shape index (κ3) is 22.2. The van der Waals surface area contributed by atoms with Gasteiger partial charge in [0.15, 0.2) is 6.04 Å². The van der Waals surface area contributed by atoms with E-state index in [1.54, 1.807) is 68.8 Å². The third-order valence-electron chi connectivity index (χ3n) is 18.0. The maximum atomic E-state index is 15.0. The summed E-state index contributed by atoms with van der Waals surface area (Å²) in [4.78, 5) is 139. The van der Waals surface area contributed by atoms with Crippen LogP contribution in [0.15, 0.2) is 66.7 Å². The molecule has 0 bridgehead atoms. The smallest absolute Gasteiger partial charge is 0.312 e. The lowest BCUT2D eigenvalue weighted by Crippen LogP contribution is -2.63. The lowest BCUT2D eigenvalue weighted by Gasteiger charge is -2.42. The molecule has 12 atom stereocenters. The Morgan fingerprint density at radius 1 is 0.739 bits per heavy atom. The van der Waals surface area contributed by atoms with Gasteiger partial charge in [-0.15, -0.1) is 0 Å². The highest BCUT2D eigenvalue weighted by Gasteiger charge is 2.45. The molecule has 92 heavy (non-hydrogen) atoms. The SMILES string of the molecule is CC[C@H](C)C([C@@H](CC(=O)N1CCC[C@H]1[C@H](OC)[C@@H](C)C(=O)N[C@H](C)[C@@H](O)c1ccccc1)OC)N(C)C(=O)[C@@H](NC(=O)[C@H](C(C)C)[N+](C)(C)Cc1ccc(NC(=O)[C@H](CCCNC(N)=O)NC(=O)[C@@H](NC(=O)CCCCCN2C(=O)C=CC2=O)C(C)C)cc1)C(C)C. The van der Waals surface area contributed by atoms with Crippen LogP contribution in [0, 0.1) is 29.6 Å². The molecule has 0 aliphatic carbocycles. The molecule has 2 aliphatic heterocycles. The van der Waals surface area contributed by atoms with Crippen LogP contribution < -0.4 is 37.6 Å². The molecule has 24 heteroatoms. The number of urea groups is 1. The first-order chi connectivity index (χ1) is 43.4. The molecule has 0 saturated carbocycles. The summed E-state index contributed by atoms with van der Waals surface area (Å²) in [6.07, 6.45) is 4.11. The van der Waals surface area contributed by atoms with Gasteiger partial charge >= 0.3 is 6.03 Å². The fourth-order valence-electron chi connectivity index (χ4n) is 12.8. The molecule has 4 rings (SSSR count). The number of benzene rings is 2. The summed E-state index contributed by atoms with van der Waals surface area (Å²) in [6.45, 7) is 20.0. The minimum Gasteiger partial charge on any atom is -0.386 e. The van der Waals surface area contributed by atoms with Crippen molar-refractivity contribution in [1.29, 1.82) is 0 Å². The molecule has 0 spiro atoms. The quantitative estimate of drug-likeness (QED) is 0.0247. The summed E-state index contributed by atoms with van der Waals surface area (Å²) < 4.78 is 12.3. The fourth-order valence-corrected chi connectivity index (χ4v) is 12.8. The number of rotatable bonds is 38. The Labute approximate surface area is 545 Å². The van der Waals surface area contributed by atoms with Crippen LogP contribution in [0.25, 0.3) is 0 Å². The van der Waals surface area contributed by atoms with Crippen LogP contribution in [-0.2, 0) is 59.2 Å². The number of likely N-dealkylation sites (tertiary alicyclic amines) is 1. The van der Waals surface area contributed by atoms with Gasteiger partial charge in [0.1, 0.15) is 24.7 Å². The second kappa shape index (κ2) is 36.8. The standard InChI is InChI=1S/C68H107N11O13/c1-16-44(8)59(52(91-14)39-56(83)77-38-24-28-51(77)62(92-15)45(9)63(85)71-46(10)61(84)48-25-19-17-20-26-48)76(11)67(89)58(42(4)5)75-66(88)60(43(6)7)79(12,13)40-47-30-32-49(33-31-47)72-64(86)50(27-23-36-70-68(69)90)73-65(87)57(41(2)3)74-53(80)29-21-18-22-37-78-54(81)34-35-55(78)82/h17,19-20,25-26,30-35,41-46,50-52,57-62,84H,16,18,21-24,27-29,36-40H2,1-15H3,(H7-,69,70,71,72,73,74,75,80,85,86,87,88,90)/p+1/t44-,45+,46+,50-,51-,52+,57-,58-,59?,60-,61+,62+/m0/s1. The van der Waals surface area contributed by atoms with E-state index in [1.807, 2.05) is 86.0 Å². The highest BCUT2D eigenvalue weighted by atomic mass is 16.5. The van der Waals surface area contributed by atoms with Crippen LogP contribution in [0.1, 0.15) is 151 Å². The van der Waals surface area contributed by atoms with Crippen molar-refractivity contribution in [2.24, 2.45) is 35.3 Å².